The van der Waals surface area contributed by atoms with Crippen molar-refractivity contribution < 1.29 is 24.2 Å². The van der Waals surface area contributed by atoms with Gasteiger partial charge in [-0.25, -0.2) is 9.59 Å². The SMILES string of the molecule is N=C(N)CCC(NC(=O)OCc1ccccc1)C(=O)N1c2ccccc2CC1C(=O)O. The van der Waals surface area contributed by atoms with Crippen LogP contribution in [-0.2, 0) is 27.4 Å². The summed E-state index contributed by atoms with van der Waals surface area (Å²) in [5, 5.41) is 19.6. The van der Waals surface area contributed by atoms with Crippen molar-refractivity contribution in [2.75, 3.05) is 4.90 Å². The molecule has 9 nitrogen and oxygen atoms in total. The lowest BCUT2D eigenvalue weighted by Crippen LogP contribution is -2.53. The molecule has 2 atom stereocenters. The van der Waals surface area contributed by atoms with Gasteiger partial charge in [-0.15, -0.1) is 0 Å². The summed E-state index contributed by atoms with van der Waals surface area (Å²) in [5.41, 5.74) is 7.44. The summed E-state index contributed by atoms with van der Waals surface area (Å²) in [6, 6.07) is 13.8. The number of fused-ring (bicyclic) bond motifs is 1. The Labute approximate surface area is 179 Å². The molecule has 3 rings (SSSR count). The van der Waals surface area contributed by atoms with E-state index in [-0.39, 0.29) is 31.7 Å². The second-order valence-electron chi connectivity index (χ2n) is 7.22. The Morgan fingerprint density at radius 2 is 1.84 bits per heavy atom. The lowest BCUT2D eigenvalue weighted by Gasteiger charge is -2.28. The molecule has 1 aliphatic heterocycles. The van der Waals surface area contributed by atoms with Crippen LogP contribution in [0.1, 0.15) is 24.0 Å². The van der Waals surface area contributed by atoms with E-state index in [9.17, 15) is 19.5 Å². The quantitative estimate of drug-likeness (QED) is 0.377. The number of amidine groups is 1. The Kier molecular flexibility index (Phi) is 6.86. The van der Waals surface area contributed by atoms with Crippen LogP contribution in [0.4, 0.5) is 10.5 Å². The van der Waals surface area contributed by atoms with Gasteiger partial charge in [-0.1, -0.05) is 48.5 Å². The number of alkyl carbamates (subject to hydrolysis) is 1. The molecule has 2 unspecified atom stereocenters. The van der Waals surface area contributed by atoms with Crippen molar-refractivity contribution in [2.24, 2.45) is 5.73 Å². The maximum Gasteiger partial charge on any atom is 0.408 e. The number of nitrogens with two attached hydrogens (primary N) is 1. The molecule has 2 amide bonds. The zero-order chi connectivity index (χ0) is 22.4. The number of para-hydroxylation sites is 1. The minimum absolute atomic E-state index is 0.0184. The predicted molar refractivity (Wildman–Crippen MR) is 114 cm³/mol. The van der Waals surface area contributed by atoms with E-state index in [4.69, 9.17) is 15.9 Å². The molecule has 0 spiro atoms. The first kappa shape index (κ1) is 21.8. The first-order chi connectivity index (χ1) is 14.9. The van der Waals surface area contributed by atoms with E-state index in [1.807, 2.05) is 18.2 Å². The highest BCUT2D eigenvalue weighted by Crippen LogP contribution is 2.33. The van der Waals surface area contributed by atoms with Gasteiger partial charge < -0.3 is 20.9 Å². The monoisotopic (exact) mass is 424 g/mol. The highest BCUT2D eigenvalue weighted by Gasteiger charge is 2.41. The van der Waals surface area contributed by atoms with E-state index in [0.717, 1.165) is 11.1 Å². The van der Waals surface area contributed by atoms with Crippen molar-refractivity contribution in [1.82, 2.24) is 5.32 Å². The van der Waals surface area contributed by atoms with Crippen molar-refractivity contribution in [2.45, 2.75) is 38.0 Å². The van der Waals surface area contributed by atoms with Gasteiger partial charge in [0, 0.05) is 18.5 Å². The molecule has 0 saturated carbocycles. The lowest BCUT2D eigenvalue weighted by atomic mass is 10.1. The molecule has 0 radical (unpaired) electrons. The van der Waals surface area contributed by atoms with Crippen LogP contribution in [-0.4, -0.2) is 41.0 Å². The number of carboxylic acids is 1. The minimum atomic E-state index is -1.14. The molecule has 0 bridgehead atoms. The summed E-state index contributed by atoms with van der Waals surface area (Å²) < 4.78 is 5.20. The van der Waals surface area contributed by atoms with E-state index in [1.54, 1.807) is 36.4 Å². The number of carbonyl (C=O) groups excluding carboxylic acids is 2. The normalized spacial score (nSPS) is 15.6. The Morgan fingerprint density at radius 1 is 1.16 bits per heavy atom. The number of aliphatic carboxylic acids is 1. The van der Waals surface area contributed by atoms with Gasteiger partial charge in [-0.05, 0) is 23.6 Å². The summed E-state index contributed by atoms with van der Waals surface area (Å²) in [6.45, 7) is 0.0184. The largest absolute Gasteiger partial charge is 0.480 e. The summed E-state index contributed by atoms with van der Waals surface area (Å²) >= 11 is 0. The zero-order valence-electron chi connectivity index (χ0n) is 16.8. The average molecular weight is 424 g/mol. The van der Waals surface area contributed by atoms with E-state index >= 15 is 0 Å². The number of rotatable bonds is 8. The maximum atomic E-state index is 13.3. The maximum absolute atomic E-state index is 13.3. The third-order valence-electron chi connectivity index (χ3n) is 5.00. The number of nitrogens with zero attached hydrogens (tertiary/aromatic N) is 1. The zero-order valence-corrected chi connectivity index (χ0v) is 16.8. The van der Waals surface area contributed by atoms with Gasteiger partial charge in [-0.3, -0.25) is 15.1 Å². The Hall–Kier alpha value is -3.88. The topological polar surface area (TPSA) is 146 Å². The van der Waals surface area contributed by atoms with Gasteiger partial charge in [0.05, 0.1) is 5.84 Å². The van der Waals surface area contributed by atoms with Crippen molar-refractivity contribution in [1.29, 1.82) is 5.41 Å². The van der Waals surface area contributed by atoms with Gasteiger partial charge in [0.2, 0.25) is 0 Å². The number of ether oxygens (including phenoxy) is 1. The Balaban J connectivity index is 1.76. The average Bonchev–Trinajstić information content (AvgIpc) is 3.15. The molecule has 0 saturated heterocycles. The fourth-order valence-electron chi connectivity index (χ4n) is 3.49. The van der Waals surface area contributed by atoms with Gasteiger partial charge in [0.15, 0.2) is 0 Å². The summed E-state index contributed by atoms with van der Waals surface area (Å²) in [6.07, 6.45) is -0.540. The number of carbonyl (C=O) groups is 3. The molecular weight excluding hydrogens is 400 g/mol. The van der Waals surface area contributed by atoms with Crippen molar-refractivity contribution in [3.05, 3.63) is 65.7 Å². The third kappa shape index (κ3) is 5.39. The Bertz CT molecular complexity index is 979. The number of anilines is 1. The number of amides is 2. The van der Waals surface area contributed by atoms with Gasteiger partial charge in [0.1, 0.15) is 18.7 Å². The first-order valence-electron chi connectivity index (χ1n) is 9.80. The number of hydrogen-bond donors (Lipinski definition) is 4. The van der Waals surface area contributed by atoms with E-state index in [1.165, 1.54) is 4.90 Å². The summed E-state index contributed by atoms with van der Waals surface area (Å²) in [4.78, 5) is 38.7. The second-order valence-corrected chi connectivity index (χ2v) is 7.22. The van der Waals surface area contributed by atoms with Crippen molar-refractivity contribution >= 4 is 29.5 Å². The van der Waals surface area contributed by atoms with Gasteiger partial charge in [-0.2, -0.15) is 0 Å². The van der Waals surface area contributed by atoms with Crippen LogP contribution in [0.15, 0.2) is 54.6 Å². The molecule has 31 heavy (non-hydrogen) atoms. The predicted octanol–water partition coefficient (Wildman–Crippen LogP) is 2.04. The van der Waals surface area contributed by atoms with Crippen LogP contribution in [0.25, 0.3) is 0 Å². The molecule has 0 aromatic heterocycles. The van der Waals surface area contributed by atoms with Crippen LogP contribution in [0.5, 0.6) is 0 Å². The summed E-state index contributed by atoms with van der Waals surface area (Å²) in [5.74, 6) is -1.87. The van der Waals surface area contributed by atoms with Gasteiger partial charge in [0.25, 0.3) is 5.91 Å². The molecule has 0 aliphatic carbocycles. The minimum Gasteiger partial charge on any atom is -0.480 e. The lowest BCUT2D eigenvalue weighted by molar-refractivity contribution is -0.140. The number of hydrogen-bond acceptors (Lipinski definition) is 5. The van der Waals surface area contributed by atoms with Crippen LogP contribution in [0.3, 0.4) is 0 Å². The summed E-state index contributed by atoms with van der Waals surface area (Å²) in [7, 11) is 0. The molecule has 1 heterocycles. The third-order valence-corrected chi connectivity index (χ3v) is 5.00. The molecule has 2 aromatic rings. The second kappa shape index (κ2) is 9.75. The van der Waals surface area contributed by atoms with Gasteiger partial charge >= 0.3 is 12.1 Å². The standard InChI is InChI=1S/C22H24N4O5/c23-19(24)11-10-16(25-22(30)31-13-14-6-2-1-3-7-14)20(27)26-17-9-5-4-8-15(17)12-18(26)21(28)29/h1-9,16,18H,10-13H2,(H3,23,24)(H,25,30)(H,28,29). The molecule has 9 heteroatoms. The molecule has 2 aromatic carbocycles. The molecule has 0 fully saturated rings. The number of carboxylic acid groups (broad SMARTS) is 1. The van der Waals surface area contributed by atoms with E-state index in [0.29, 0.717) is 5.69 Å². The molecular formula is C22H24N4O5. The van der Waals surface area contributed by atoms with Crippen molar-refractivity contribution in [3.63, 3.8) is 0 Å². The van der Waals surface area contributed by atoms with Crippen LogP contribution in [0, 0.1) is 5.41 Å². The molecule has 162 valence electrons. The highest BCUT2D eigenvalue weighted by atomic mass is 16.5. The van der Waals surface area contributed by atoms with Crippen molar-refractivity contribution in [3.8, 4) is 0 Å². The fourth-order valence-corrected chi connectivity index (χ4v) is 3.49. The molecule has 1 aliphatic rings. The van der Waals surface area contributed by atoms with Crippen LogP contribution >= 0.6 is 0 Å². The first-order valence-corrected chi connectivity index (χ1v) is 9.80. The Morgan fingerprint density at radius 3 is 2.52 bits per heavy atom. The highest BCUT2D eigenvalue weighted by molar-refractivity contribution is 6.05. The fraction of sp³-hybridized carbons (Fsp3) is 0.273. The van der Waals surface area contributed by atoms with E-state index < -0.39 is 30.1 Å². The number of benzene rings is 2. The number of nitrogens with one attached hydrogen (secondary N) is 2. The van der Waals surface area contributed by atoms with Crippen LogP contribution < -0.4 is 16.0 Å². The smallest absolute Gasteiger partial charge is 0.408 e. The van der Waals surface area contributed by atoms with Crippen LogP contribution in [0.2, 0.25) is 0 Å². The van der Waals surface area contributed by atoms with E-state index in [2.05, 4.69) is 5.32 Å². The molecule has 5 N–H and O–H groups in total.